The summed E-state index contributed by atoms with van der Waals surface area (Å²) in [5.74, 6) is -1.33. The van der Waals surface area contributed by atoms with Gasteiger partial charge in [0.1, 0.15) is 12.4 Å². The van der Waals surface area contributed by atoms with Crippen molar-refractivity contribution in [3.8, 4) is 0 Å². The summed E-state index contributed by atoms with van der Waals surface area (Å²) in [5, 5.41) is 2.71. The van der Waals surface area contributed by atoms with Crippen LogP contribution in [0.1, 0.15) is 11.1 Å². The molecule has 2 nitrogen and oxygen atoms in total. The van der Waals surface area contributed by atoms with E-state index in [0.717, 1.165) is 6.07 Å². The van der Waals surface area contributed by atoms with Crippen LogP contribution in [0.25, 0.3) is 0 Å². The van der Waals surface area contributed by atoms with Crippen LogP contribution in [0.4, 0.5) is 26.3 Å². The van der Waals surface area contributed by atoms with Gasteiger partial charge in [0.05, 0.1) is 12.2 Å². The van der Waals surface area contributed by atoms with E-state index in [0.29, 0.717) is 6.07 Å². The lowest BCUT2D eigenvalue weighted by Gasteiger charge is -2.11. The highest BCUT2D eigenvalue weighted by molar-refractivity contribution is 5.27. The number of benzene rings is 1. The molecular formula is C12H13F6NO. The van der Waals surface area contributed by atoms with Crippen LogP contribution in [0.2, 0.25) is 0 Å². The van der Waals surface area contributed by atoms with Crippen LogP contribution in [-0.2, 0) is 17.5 Å². The Morgan fingerprint density at radius 1 is 1.20 bits per heavy atom. The lowest BCUT2D eigenvalue weighted by molar-refractivity contribution is -0.140. The standard InChI is InChI=1S/C12H13F6NO/c13-10-2-1-8(5-9(10)12(16,17)18)6-19-3-4-20-7-11(14)15/h1-2,5,11,19H,3-4,6-7H2. The van der Waals surface area contributed by atoms with Crippen LogP contribution in [0.5, 0.6) is 0 Å². The first-order valence-corrected chi connectivity index (χ1v) is 5.73. The van der Waals surface area contributed by atoms with Crippen LogP contribution in [-0.4, -0.2) is 26.2 Å². The van der Waals surface area contributed by atoms with Crippen LogP contribution in [0.15, 0.2) is 18.2 Å². The second kappa shape index (κ2) is 7.49. The lowest BCUT2D eigenvalue weighted by atomic mass is 10.1. The SMILES string of the molecule is Fc1ccc(CNCCOCC(F)F)cc1C(F)(F)F. The normalized spacial score (nSPS) is 12.2. The van der Waals surface area contributed by atoms with Crippen molar-refractivity contribution in [2.24, 2.45) is 0 Å². The summed E-state index contributed by atoms with van der Waals surface area (Å²) in [6.07, 6.45) is -7.30. The number of ether oxygens (including phenoxy) is 1. The third kappa shape index (κ3) is 5.79. The van der Waals surface area contributed by atoms with Gasteiger partial charge in [0.25, 0.3) is 6.43 Å². The summed E-state index contributed by atoms with van der Waals surface area (Å²) in [6, 6.07) is 2.67. The molecule has 0 aliphatic carbocycles. The molecular weight excluding hydrogens is 288 g/mol. The summed E-state index contributed by atoms with van der Waals surface area (Å²) in [4.78, 5) is 0. The number of hydrogen-bond acceptors (Lipinski definition) is 2. The quantitative estimate of drug-likeness (QED) is 0.617. The Labute approximate surface area is 111 Å². The van der Waals surface area contributed by atoms with E-state index in [2.05, 4.69) is 10.1 Å². The van der Waals surface area contributed by atoms with E-state index >= 15 is 0 Å². The molecule has 0 aromatic heterocycles. The van der Waals surface area contributed by atoms with Gasteiger partial charge in [-0.1, -0.05) is 6.07 Å². The first kappa shape index (κ1) is 16.8. The maximum absolute atomic E-state index is 13.0. The molecule has 1 aromatic rings. The summed E-state index contributed by atoms with van der Waals surface area (Å²) in [6.45, 7) is -0.416. The van der Waals surface area contributed by atoms with Gasteiger partial charge in [0, 0.05) is 13.1 Å². The lowest BCUT2D eigenvalue weighted by Crippen LogP contribution is -2.21. The molecule has 0 aliphatic rings. The Balaban J connectivity index is 2.41. The zero-order valence-corrected chi connectivity index (χ0v) is 10.3. The molecule has 20 heavy (non-hydrogen) atoms. The van der Waals surface area contributed by atoms with Gasteiger partial charge in [-0.2, -0.15) is 13.2 Å². The van der Waals surface area contributed by atoms with Gasteiger partial charge in [-0.3, -0.25) is 0 Å². The number of alkyl halides is 5. The van der Waals surface area contributed by atoms with Crippen molar-refractivity contribution in [1.82, 2.24) is 5.32 Å². The van der Waals surface area contributed by atoms with Gasteiger partial charge in [-0.25, -0.2) is 13.2 Å². The van der Waals surface area contributed by atoms with Gasteiger partial charge in [-0.05, 0) is 17.7 Å². The highest BCUT2D eigenvalue weighted by Crippen LogP contribution is 2.31. The molecule has 0 aliphatic heterocycles. The molecule has 114 valence electrons. The largest absolute Gasteiger partial charge is 0.419 e. The summed E-state index contributed by atoms with van der Waals surface area (Å²) < 4.78 is 78.3. The van der Waals surface area contributed by atoms with Crippen LogP contribution in [0, 0.1) is 5.82 Å². The van der Waals surface area contributed by atoms with Crippen molar-refractivity contribution in [2.75, 3.05) is 19.8 Å². The summed E-state index contributed by atoms with van der Waals surface area (Å²) in [5.41, 5.74) is -1.08. The minimum Gasteiger partial charge on any atom is -0.374 e. The third-order valence-electron chi connectivity index (χ3n) is 2.33. The van der Waals surface area contributed by atoms with Crippen molar-refractivity contribution in [3.63, 3.8) is 0 Å². The van der Waals surface area contributed by atoms with Gasteiger partial charge in [0.2, 0.25) is 0 Å². The second-order valence-corrected chi connectivity index (χ2v) is 3.95. The highest BCUT2D eigenvalue weighted by Gasteiger charge is 2.34. The molecule has 0 fully saturated rings. The predicted octanol–water partition coefficient (Wildman–Crippen LogP) is 3.22. The summed E-state index contributed by atoms with van der Waals surface area (Å²) in [7, 11) is 0. The minimum atomic E-state index is -4.75. The van der Waals surface area contributed by atoms with E-state index in [1.165, 1.54) is 6.07 Å². The predicted molar refractivity (Wildman–Crippen MR) is 59.9 cm³/mol. The summed E-state index contributed by atoms with van der Waals surface area (Å²) >= 11 is 0. The van der Waals surface area contributed by atoms with Gasteiger partial charge in [0.15, 0.2) is 0 Å². The van der Waals surface area contributed by atoms with Crippen molar-refractivity contribution in [3.05, 3.63) is 35.1 Å². The van der Waals surface area contributed by atoms with E-state index in [-0.39, 0.29) is 25.3 Å². The molecule has 0 unspecified atom stereocenters. The molecule has 0 amide bonds. The van der Waals surface area contributed by atoms with E-state index in [4.69, 9.17) is 0 Å². The molecule has 0 heterocycles. The van der Waals surface area contributed by atoms with Crippen LogP contribution >= 0.6 is 0 Å². The Bertz CT molecular complexity index is 421. The first-order chi connectivity index (χ1) is 9.30. The van der Waals surface area contributed by atoms with Crippen LogP contribution < -0.4 is 5.32 Å². The number of rotatable bonds is 7. The molecule has 1 aromatic carbocycles. The minimum absolute atomic E-state index is 0.0116. The molecule has 0 spiro atoms. The third-order valence-corrected chi connectivity index (χ3v) is 2.33. The van der Waals surface area contributed by atoms with Crippen molar-refractivity contribution < 1.29 is 31.1 Å². The number of halogens is 6. The molecule has 1 N–H and O–H groups in total. The zero-order valence-electron chi connectivity index (χ0n) is 10.3. The topological polar surface area (TPSA) is 21.3 Å². The van der Waals surface area contributed by atoms with E-state index in [1.807, 2.05) is 0 Å². The molecule has 0 saturated heterocycles. The van der Waals surface area contributed by atoms with Gasteiger partial charge in [-0.15, -0.1) is 0 Å². The Morgan fingerprint density at radius 3 is 2.50 bits per heavy atom. The zero-order chi connectivity index (χ0) is 15.2. The number of nitrogens with one attached hydrogen (secondary N) is 1. The fourth-order valence-electron chi connectivity index (χ4n) is 1.45. The fourth-order valence-corrected chi connectivity index (χ4v) is 1.45. The average Bonchev–Trinajstić information content (AvgIpc) is 2.33. The molecule has 0 atom stereocenters. The first-order valence-electron chi connectivity index (χ1n) is 5.73. The molecule has 0 saturated carbocycles. The second-order valence-electron chi connectivity index (χ2n) is 3.95. The van der Waals surface area contributed by atoms with Crippen molar-refractivity contribution >= 4 is 0 Å². The van der Waals surface area contributed by atoms with Gasteiger partial charge < -0.3 is 10.1 Å². The van der Waals surface area contributed by atoms with E-state index in [1.54, 1.807) is 0 Å². The maximum atomic E-state index is 13.0. The number of hydrogen-bond donors (Lipinski definition) is 1. The highest BCUT2D eigenvalue weighted by atomic mass is 19.4. The Hall–Kier alpha value is -1.28. The molecule has 1 rings (SSSR count). The van der Waals surface area contributed by atoms with Crippen molar-refractivity contribution in [1.29, 1.82) is 0 Å². The molecule has 8 heteroatoms. The molecule has 0 bridgehead atoms. The van der Waals surface area contributed by atoms with Crippen LogP contribution in [0.3, 0.4) is 0 Å². The smallest absolute Gasteiger partial charge is 0.374 e. The fraction of sp³-hybridized carbons (Fsp3) is 0.500. The monoisotopic (exact) mass is 301 g/mol. The van der Waals surface area contributed by atoms with Crippen molar-refractivity contribution in [2.45, 2.75) is 19.1 Å². The van der Waals surface area contributed by atoms with E-state index < -0.39 is 30.6 Å². The maximum Gasteiger partial charge on any atom is 0.419 e. The molecule has 0 radical (unpaired) electrons. The Morgan fingerprint density at radius 2 is 1.90 bits per heavy atom. The van der Waals surface area contributed by atoms with Gasteiger partial charge >= 0.3 is 6.18 Å². The van der Waals surface area contributed by atoms with E-state index in [9.17, 15) is 26.3 Å². The average molecular weight is 301 g/mol. The Kier molecular flexibility index (Phi) is 6.28.